The van der Waals surface area contributed by atoms with Crippen LogP contribution in [0, 0.1) is 0 Å². The Bertz CT molecular complexity index is 470. The molecule has 18 heavy (non-hydrogen) atoms. The van der Waals surface area contributed by atoms with Gasteiger partial charge in [0.2, 0.25) is 0 Å². The molecule has 0 aliphatic heterocycles. The summed E-state index contributed by atoms with van der Waals surface area (Å²) < 4.78 is 0. The highest BCUT2D eigenvalue weighted by atomic mass is 35.5. The lowest BCUT2D eigenvalue weighted by molar-refractivity contribution is 0.830. The topological polar surface area (TPSA) is 37.0 Å². The van der Waals surface area contributed by atoms with Crippen molar-refractivity contribution in [2.45, 2.75) is 18.3 Å². The Morgan fingerprint density at radius 1 is 1.50 bits per heavy atom. The van der Waals surface area contributed by atoms with Gasteiger partial charge in [0.25, 0.3) is 0 Å². The van der Waals surface area contributed by atoms with Crippen LogP contribution in [-0.4, -0.2) is 15.5 Å². The second-order valence-electron chi connectivity index (χ2n) is 3.93. The number of pyridine rings is 1. The monoisotopic (exact) mass is 279 g/mol. The van der Waals surface area contributed by atoms with Crippen LogP contribution in [0.3, 0.4) is 0 Å². The molecule has 0 spiro atoms. The van der Waals surface area contributed by atoms with Gasteiger partial charge in [0.15, 0.2) is 5.11 Å². The van der Waals surface area contributed by atoms with Gasteiger partial charge in [0.05, 0.1) is 17.6 Å². The van der Waals surface area contributed by atoms with Crippen LogP contribution in [0.15, 0.2) is 48.3 Å². The van der Waals surface area contributed by atoms with Gasteiger partial charge in [-0.1, -0.05) is 18.2 Å². The van der Waals surface area contributed by atoms with E-state index in [0.29, 0.717) is 11.7 Å². The number of nitrogens with zero attached hydrogens (tertiary/aromatic N) is 1. The van der Waals surface area contributed by atoms with E-state index in [0.717, 1.165) is 17.8 Å². The van der Waals surface area contributed by atoms with Crippen molar-refractivity contribution < 1.29 is 0 Å². The van der Waals surface area contributed by atoms with Crippen molar-refractivity contribution in [3.8, 4) is 0 Å². The predicted molar refractivity (Wildman–Crippen MR) is 78.3 cm³/mol. The predicted octanol–water partition coefficient (Wildman–Crippen LogP) is 2.50. The van der Waals surface area contributed by atoms with Gasteiger partial charge in [-0.25, -0.2) is 0 Å². The number of nitrogens with one attached hydrogen (secondary N) is 2. The SMILES string of the molecule is S=C(NCc1ccccn1)NC1=CC=CC(Cl)C1. The van der Waals surface area contributed by atoms with Crippen LogP contribution in [0.1, 0.15) is 12.1 Å². The van der Waals surface area contributed by atoms with E-state index in [1.165, 1.54) is 0 Å². The number of alkyl halides is 1. The molecule has 0 amide bonds. The lowest BCUT2D eigenvalue weighted by Gasteiger charge is -2.16. The fraction of sp³-hybridized carbons (Fsp3) is 0.231. The maximum Gasteiger partial charge on any atom is 0.170 e. The minimum atomic E-state index is 0.0380. The molecule has 1 aliphatic carbocycles. The number of thiocarbonyl (C=S) groups is 1. The third-order valence-corrected chi connectivity index (χ3v) is 3.01. The molecule has 1 aliphatic rings. The Morgan fingerprint density at radius 3 is 3.11 bits per heavy atom. The van der Waals surface area contributed by atoms with Crippen molar-refractivity contribution >= 4 is 28.9 Å². The highest BCUT2D eigenvalue weighted by molar-refractivity contribution is 7.80. The molecule has 2 rings (SSSR count). The van der Waals surface area contributed by atoms with Gasteiger partial charge in [-0.05, 0) is 30.4 Å². The summed E-state index contributed by atoms with van der Waals surface area (Å²) in [7, 11) is 0. The van der Waals surface area contributed by atoms with E-state index in [2.05, 4.69) is 15.6 Å². The van der Waals surface area contributed by atoms with Gasteiger partial charge in [-0.15, -0.1) is 11.6 Å². The number of hydrogen-bond acceptors (Lipinski definition) is 2. The Balaban J connectivity index is 1.79. The van der Waals surface area contributed by atoms with E-state index < -0.39 is 0 Å². The summed E-state index contributed by atoms with van der Waals surface area (Å²) in [5.41, 5.74) is 1.98. The first-order valence-corrected chi connectivity index (χ1v) is 6.55. The standard InChI is InChI=1S/C13H14ClN3S/c14-10-4-3-6-11(8-10)17-13(18)16-9-12-5-1-2-7-15-12/h1-7,10H,8-9H2,(H2,16,17,18). The van der Waals surface area contributed by atoms with Crippen molar-refractivity contribution in [3.63, 3.8) is 0 Å². The third-order valence-electron chi connectivity index (χ3n) is 2.46. The maximum atomic E-state index is 6.03. The van der Waals surface area contributed by atoms with Gasteiger partial charge >= 0.3 is 0 Å². The van der Waals surface area contributed by atoms with Crippen molar-refractivity contribution in [1.29, 1.82) is 0 Å². The first-order valence-electron chi connectivity index (χ1n) is 5.70. The Labute approximate surface area is 117 Å². The number of halogens is 1. The minimum Gasteiger partial charge on any atom is -0.357 e. The van der Waals surface area contributed by atoms with Crippen molar-refractivity contribution in [3.05, 3.63) is 54.0 Å². The molecular formula is C13H14ClN3S. The van der Waals surface area contributed by atoms with Gasteiger partial charge < -0.3 is 10.6 Å². The van der Waals surface area contributed by atoms with Crippen LogP contribution in [-0.2, 0) is 6.54 Å². The van der Waals surface area contributed by atoms with Crippen molar-refractivity contribution in [2.75, 3.05) is 0 Å². The number of allylic oxidation sites excluding steroid dienone is 4. The van der Waals surface area contributed by atoms with E-state index in [1.54, 1.807) is 6.20 Å². The van der Waals surface area contributed by atoms with E-state index in [4.69, 9.17) is 23.8 Å². The molecular weight excluding hydrogens is 266 g/mol. The molecule has 1 unspecified atom stereocenters. The fourth-order valence-corrected chi connectivity index (χ4v) is 2.05. The molecule has 0 aromatic carbocycles. The summed E-state index contributed by atoms with van der Waals surface area (Å²) >= 11 is 11.2. The quantitative estimate of drug-likeness (QED) is 0.658. The first-order chi connectivity index (χ1) is 8.74. The molecule has 1 heterocycles. The molecule has 2 N–H and O–H groups in total. The van der Waals surface area contributed by atoms with Gasteiger partial charge in [0.1, 0.15) is 0 Å². The third kappa shape index (κ3) is 4.13. The lowest BCUT2D eigenvalue weighted by Crippen LogP contribution is -2.35. The number of rotatable bonds is 3. The van der Waals surface area contributed by atoms with Crippen LogP contribution in [0.5, 0.6) is 0 Å². The van der Waals surface area contributed by atoms with Crippen molar-refractivity contribution in [2.24, 2.45) is 0 Å². The normalized spacial score (nSPS) is 18.1. The number of hydrogen-bond donors (Lipinski definition) is 2. The lowest BCUT2D eigenvalue weighted by atomic mass is 10.1. The summed E-state index contributed by atoms with van der Waals surface area (Å²) in [6.07, 6.45) is 8.40. The second kappa shape index (κ2) is 6.52. The molecule has 3 nitrogen and oxygen atoms in total. The smallest absolute Gasteiger partial charge is 0.170 e. The summed E-state index contributed by atoms with van der Waals surface area (Å²) in [6, 6.07) is 5.79. The summed E-state index contributed by atoms with van der Waals surface area (Å²) in [5.74, 6) is 0. The fourth-order valence-electron chi connectivity index (χ4n) is 1.59. The molecule has 94 valence electrons. The summed E-state index contributed by atoms with van der Waals surface area (Å²) in [5, 5.41) is 6.88. The average molecular weight is 280 g/mol. The van der Waals surface area contributed by atoms with Crippen LogP contribution in [0.25, 0.3) is 0 Å². The molecule has 1 aromatic rings. The Morgan fingerprint density at radius 2 is 2.39 bits per heavy atom. The summed E-state index contributed by atoms with van der Waals surface area (Å²) in [4.78, 5) is 4.21. The molecule has 0 saturated carbocycles. The van der Waals surface area contributed by atoms with E-state index in [9.17, 15) is 0 Å². The zero-order valence-electron chi connectivity index (χ0n) is 9.77. The summed E-state index contributed by atoms with van der Waals surface area (Å²) in [6.45, 7) is 0.611. The van der Waals surface area contributed by atoms with Crippen LogP contribution in [0.2, 0.25) is 0 Å². The molecule has 5 heteroatoms. The van der Waals surface area contributed by atoms with Gasteiger partial charge in [0, 0.05) is 18.3 Å². The first kappa shape index (κ1) is 13.1. The molecule has 0 fully saturated rings. The highest BCUT2D eigenvalue weighted by Crippen LogP contribution is 2.14. The second-order valence-corrected chi connectivity index (χ2v) is 4.89. The van der Waals surface area contributed by atoms with E-state index >= 15 is 0 Å². The van der Waals surface area contributed by atoms with Gasteiger partial charge in [-0.2, -0.15) is 0 Å². The molecule has 1 atom stereocenters. The van der Waals surface area contributed by atoms with E-state index in [1.807, 2.05) is 36.4 Å². The van der Waals surface area contributed by atoms with E-state index in [-0.39, 0.29) is 5.38 Å². The zero-order valence-corrected chi connectivity index (χ0v) is 11.3. The maximum absolute atomic E-state index is 6.03. The largest absolute Gasteiger partial charge is 0.357 e. The van der Waals surface area contributed by atoms with Crippen LogP contribution < -0.4 is 10.6 Å². The molecule has 0 radical (unpaired) electrons. The van der Waals surface area contributed by atoms with Crippen LogP contribution >= 0.6 is 23.8 Å². The highest BCUT2D eigenvalue weighted by Gasteiger charge is 2.09. The van der Waals surface area contributed by atoms with Crippen LogP contribution in [0.4, 0.5) is 0 Å². The van der Waals surface area contributed by atoms with Crippen molar-refractivity contribution in [1.82, 2.24) is 15.6 Å². The average Bonchev–Trinajstić information content (AvgIpc) is 2.38. The Hall–Kier alpha value is -1.39. The minimum absolute atomic E-state index is 0.0380. The number of aromatic nitrogens is 1. The molecule has 1 aromatic heterocycles. The molecule has 0 saturated heterocycles. The van der Waals surface area contributed by atoms with Gasteiger partial charge in [-0.3, -0.25) is 4.98 Å². The Kier molecular flexibility index (Phi) is 4.73. The zero-order chi connectivity index (χ0) is 12.8. The molecule has 0 bridgehead atoms.